The van der Waals surface area contributed by atoms with Crippen LogP contribution >= 0.6 is 11.6 Å². The van der Waals surface area contributed by atoms with Crippen LogP contribution in [0.5, 0.6) is 0 Å². The van der Waals surface area contributed by atoms with E-state index in [2.05, 4.69) is 30.2 Å². The lowest BCUT2D eigenvalue weighted by Crippen LogP contribution is -2.19. The molecule has 19 heavy (non-hydrogen) atoms. The van der Waals surface area contributed by atoms with Crippen LogP contribution in [0, 0.1) is 18.8 Å². The fraction of sp³-hybridized carbons (Fsp3) is 0.688. The highest BCUT2D eigenvalue weighted by atomic mass is 35.5. The van der Waals surface area contributed by atoms with E-state index >= 15 is 0 Å². The summed E-state index contributed by atoms with van der Waals surface area (Å²) in [5.41, 5.74) is 2.15. The van der Waals surface area contributed by atoms with Gasteiger partial charge in [0, 0.05) is 6.04 Å². The van der Waals surface area contributed by atoms with Gasteiger partial charge in [-0.05, 0) is 49.7 Å². The Morgan fingerprint density at radius 1 is 1.26 bits per heavy atom. The number of nitrogens with one attached hydrogen (secondary N) is 1. The predicted octanol–water partition coefficient (Wildman–Crippen LogP) is 5.06. The van der Waals surface area contributed by atoms with Crippen LogP contribution in [-0.2, 0) is 0 Å². The predicted molar refractivity (Wildman–Crippen MR) is 82.8 cm³/mol. The average Bonchev–Trinajstić information content (AvgIpc) is 2.59. The van der Waals surface area contributed by atoms with Crippen LogP contribution in [0.4, 0.5) is 5.69 Å². The fourth-order valence-electron chi connectivity index (χ4n) is 3.01. The first-order valence-corrected chi connectivity index (χ1v) is 7.82. The number of pyridine rings is 1. The van der Waals surface area contributed by atoms with Gasteiger partial charge in [-0.25, -0.2) is 4.98 Å². The lowest BCUT2D eigenvalue weighted by molar-refractivity contribution is 0.341. The van der Waals surface area contributed by atoms with Crippen LogP contribution in [0.3, 0.4) is 0 Å². The van der Waals surface area contributed by atoms with E-state index < -0.39 is 0 Å². The molecule has 3 heteroatoms. The highest BCUT2D eigenvalue weighted by molar-refractivity contribution is 6.30. The van der Waals surface area contributed by atoms with Gasteiger partial charge in [-0.15, -0.1) is 0 Å². The van der Waals surface area contributed by atoms with Crippen molar-refractivity contribution < 1.29 is 0 Å². The minimum absolute atomic E-state index is 0.589. The van der Waals surface area contributed by atoms with E-state index in [4.69, 9.17) is 11.6 Å². The maximum atomic E-state index is 5.96. The third-order valence-corrected chi connectivity index (χ3v) is 4.74. The molecule has 1 N–H and O–H groups in total. The number of anilines is 1. The molecular formula is C16H25ClN2. The first-order chi connectivity index (χ1) is 9.06. The van der Waals surface area contributed by atoms with Gasteiger partial charge in [-0.3, -0.25) is 0 Å². The van der Waals surface area contributed by atoms with Gasteiger partial charge in [-0.1, -0.05) is 38.3 Å². The molecule has 0 spiro atoms. The van der Waals surface area contributed by atoms with Gasteiger partial charge in [0.25, 0.3) is 0 Å². The van der Waals surface area contributed by atoms with Crippen molar-refractivity contribution in [1.29, 1.82) is 0 Å². The lowest BCUT2D eigenvalue weighted by Gasteiger charge is -2.20. The summed E-state index contributed by atoms with van der Waals surface area (Å²) in [4.78, 5) is 4.21. The summed E-state index contributed by atoms with van der Waals surface area (Å²) in [7, 11) is 0. The Morgan fingerprint density at radius 2 is 2.05 bits per heavy atom. The van der Waals surface area contributed by atoms with E-state index in [9.17, 15) is 0 Å². The van der Waals surface area contributed by atoms with Gasteiger partial charge in [0.05, 0.1) is 11.9 Å². The van der Waals surface area contributed by atoms with Gasteiger partial charge in [0.1, 0.15) is 5.15 Å². The Bertz CT molecular complexity index is 417. The second-order valence-corrected chi connectivity index (χ2v) is 6.54. The molecule has 1 heterocycles. The van der Waals surface area contributed by atoms with Crippen molar-refractivity contribution in [2.24, 2.45) is 11.8 Å². The number of aryl methyl sites for hydroxylation is 1. The molecule has 0 radical (unpaired) electrons. The van der Waals surface area contributed by atoms with Gasteiger partial charge in [0.15, 0.2) is 0 Å². The topological polar surface area (TPSA) is 24.9 Å². The molecule has 2 rings (SSSR count). The van der Waals surface area contributed by atoms with Gasteiger partial charge in [-0.2, -0.15) is 0 Å². The first kappa shape index (κ1) is 14.6. The molecule has 1 aromatic rings. The van der Waals surface area contributed by atoms with Crippen LogP contribution < -0.4 is 5.32 Å². The van der Waals surface area contributed by atoms with E-state index in [1.807, 2.05) is 13.1 Å². The Balaban J connectivity index is 1.94. The second kappa shape index (κ2) is 6.60. The van der Waals surface area contributed by atoms with Crippen molar-refractivity contribution in [2.75, 3.05) is 5.32 Å². The van der Waals surface area contributed by atoms with Crippen LogP contribution in [0.2, 0.25) is 5.15 Å². The van der Waals surface area contributed by atoms with E-state index in [0.717, 1.165) is 23.1 Å². The van der Waals surface area contributed by atoms with Crippen LogP contribution in [0.25, 0.3) is 0 Å². The van der Waals surface area contributed by atoms with Crippen molar-refractivity contribution >= 4 is 17.3 Å². The van der Waals surface area contributed by atoms with Crippen molar-refractivity contribution in [3.8, 4) is 0 Å². The van der Waals surface area contributed by atoms with Crippen molar-refractivity contribution in [3.63, 3.8) is 0 Å². The third-order valence-electron chi connectivity index (χ3n) is 4.34. The Labute approximate surface area is 122 Å². The monoisotopic (exact) mass is 280 g/mol. The Hall–Kier alpha value is -0.760. The number of rotatable bonds is 3. The molecule has 0 bridgehead atoms. The highest BCUT2D eigenvalue weighted by Crippen LogP contribution is 2.30. The number of hydrogen-bond donors (Lipinski definition) is 1. The molecule has 2 unspecified atom stereocenters. The Kier molecular flexibility index (Phi) is 5.09. The summed E-state index contributed by atoms with van der Waals surface area (Å²) < 4.78 is 0. The van der Waals surface area contributed by atoms with Crippen molar-refractivity contribution in [3.05, 3.63) is 23.0 Å². The fourth-order valence-corrected chi connectivity index (χ4v) is 3.12. The molecule has 2 atom stereocenters. The summed E-state index contributed by atoms with van der Waals surface area (Å²) in [6.45, 7) is 6.71. The Morgan fingerprint density at radius 3 is 2.74 bits per heavy atom. The average molecular weight is 281 g/mol. The molecule has 0 saturated heterocycles. The summed E-state index contributed by atoms with van der Waals surface area (Å²) in [6, 6.07) is 2.69. The molecule has 1 aliphatic carbocycles. The molecular weight excluding hydrogens is 256 g/mol. The minimum atomic E-state index is 0.589. The smallest absolute Gasteiger partial charge is 0.132 e. The van der Waals surface area contributed by atoms with Crippen molar-refractivity contribution in [1.82, 2.24) is 4.98 Å². The zero-order valence-electron chi connectivity index (χ0n) is 12.2. The zero-order chi connectivity index (χ0) is 13.8. The third kappa shape index (κ3) is 4.10. The van der Waals surface area contributed by atoms with Crippen LogP contribution in [0.15, 0.2) is 12.3 Å². The molecule has 1 fully saturated rings. The quantitative estimate of drug-likeness (QED) is 0.618. The van der Waals surface area contributed by atoms with Gasteiger partial charge < -0.3 is 5.32 Å². The molecule has 0 amide bonds. The summed E-state index contributed by atoms with van der Waals surface area (Å²) in [6.07, 6.45) is 8.44. The van der Waals surface area contributed by atoms with Crippen molar-refractivity contribution in [2.45, 2.75) is 58.9 Å². The molecule has 0 aliphatic heterocycles. The van der Waals surface area contributed by atoms with E-state index in [-0.39, 0.29) is 0 Å². The number of aromatic nitrogens is 1. The molecule has 106 valence electrons. The minimum Gasteiger partial charge on any atom is -0.381 e. The van der Waals surface area contributed by atoms with E-state index in [0.29, 0.717) is 11.2 Å². The molecule has 1 saturated carbocycles. The number of nitrogens with zero attached hydrogens (tertiary/aromatic N) is 1. The van der Waals surface area contributed by atoms with Gasteiger partial charge in [0.2, 0.25) is 0 Å². The molecule has 0 aromatic carbocycles. The van der Waals surface area contributed by atoms with Gasteiger partial charge >= 0.3 is 0 Å². The number of halogens is 1. The van der Waals surface area contributed by atoms with Crippen LogP contribution in [0.1, 0.15) is 51.5 Å². The highest BCUT2D eigenvalue weighted by Gasteiger charge is 2.20. The van der Waals surface area contributed by atoms with E-state index in [1.165, 1.54) is 32.1 Å². The maximum Gasteiger partial charge on any atom is 0.132 e. The largest absolute Gasteiger partial charge is 0.381 e. The standard InChI is InChI=1S/C16H25ClN2/c1-11(2)13-5-4-6-14(8-7-13)19-15-9-12(3)16(17)18-10-15/h9-11,13-14,19H,4-8H2,1-3H3. The second-order valence-electron chi connectivity index (χ2n) is 6.19. The number of hydrogen-bond acceptors (Lipinski definition) is 2. The molecule has 2 nitrogen and oxygen atoms in total. The summed E-state index contributed by atoms with van der Waals surface area (Å²) in [5.74, 6) is 1.72. The maximum absolute atomic E-state index is 5.96. The first-order valence-electron chi connectivity index (χ1n) is 7.45. The lowest BCUT2D eigenvalue weighted by atomic mass is 9.89. The van der Waals surface area contributed by atoms with Crippen LogP contribution in [-0.4, -0.2) is 11.0 Å². The summed E-state index contributed by atoms with van der Waals surface area (Å²) in [5, 5.41) is 4.23. The normalized spacial score (nSPS) is 24.3. The zero-order valence-corrected chi connectivity index (χ0v) is 13.0. The van der Waals surface area contributed by atoms with E-state index in [1.54, 1.807) is 0 Å². The molecule has 1 aromatic heterocycles. The molecule has 1 aliphatic rings. The SMILES string of the molecule is Cc1cc(NC2CCCC(C(C)C)CC2)cnc1Cl. The summed E-state index contributed by atoms with van der Waals surface area (Å²) >= 11 is 5.96.